The van der Waals surface area contributed by atoms with Crippen LogP contribution in [0.4, 0.5) is 11.8 Å². The average Bonchev–Trinajstić information content (AvgIpc) is 3.72. The Morgan fingerprint density at radius 1 is 0.911 bits per heavy atom. The molecular formula is C22H26N8O12P2S. The Labute approximate surface area is 256 Å². The molecule has 4 unspecified atom stereocenters. The summed E-state index contributed by atoms with van der Waals surface area (Å²) in [5, 5.41) is 22.9. The molecule has 3 saturated heterocycles. The van der Waals surface area contributed by atoms with Gasteiger partial charge in [0.25, 0.3) is 5.56 Å². The van der Waals surface area contributed by atoms with Crippen LogP contribution in [0, 0.1) is 0 Å². The highest BCUT2D eigenvalue weighted by Gasteiger charge is 2.53. The second-order valence-corrected chi connectivity index (χ2v) is 14.6. The van der Waals surface area contributed by atoms with Crippen molar-refractivity contribution in [2.24, 2.45) is 0 Å². The van der Waals surface area contributed by atoms with Gasteiger partial charge in [-0.25, -0.2) is 14.5 Å². The Kier molecular flexibility index (Phi) is 7.61. The summed E-state index contributed by atoms with van der Waals surface area (Å²) in [6.45, 7) is -5.56. The van der Waals surface area contributed by atoms with E-state index >= 15 is 0 Å². The maximum atomic E-state index is 13.1. The normalized spacial score (nSPS) is 37.7. The van der Waals surface area contributed by atoms with E-state index in [9.17, 15) is 29.4 Å². The monoisotopic (exact) mass is 688 g/mol. The van der Waals surface area contributed by atoms with Crippen LogP contribution >= 0.6 is 14.5 Å². The van der Waals surface area contributed by atoms with Crippen LogP contribution in [0.5, 0.6) is 0 Å². The van der Waals surface area contributed by atoms with E-state index in [1.54, 1.807) is 6.07 Å². The number of ether oxygens (including phenoxy) is 2. The number of aliphatic hydroxyl groups excluding tert-OH is 2. The smallest absolute Gasteiger partial charge is 0.387 e. The van der Waals surface area contributed by atoms with Crippen LogP contribution in [0.15, 0.2) is 35.6 Å². The molecule has 0 aliphatic carbocycles. The number of aliphatic hydroxyl groups is 2. The van der Waals surface area contributed by atoms with Crippen molar-refractivity contribution >= 4 is 60.2 Å². The molecule has 0 spiro atoms. The molecule has 0 radical (unpaired) electrons. The molecule has 4 aromatic rings. The molecule has 242 valence electrons. The molecule has 7 rings (SSSR count). The molecule has 3 fully saturated rings. The van der Waals surface area contributed by atoms with E-state index in [-0.39, 0.29) is 22.8 Å². The summed E-state index contributed by atoms with van der Waals surface area (Å²) in [7, 11) is -4.98. The molecule has 3 aliphatic rings. The Balaban J connectivity index is 1.21. The minimum Gasteiger partial charge on any atom is -0.387 e. The second kappa shape index (κ2) is 11.1. The number of aromatic amines is 1. The number of hydrogen-bond acceptors (Lipinski definition) is 16. The van der Waals surface area contributed by atoms with Gasteiger partial charge in [-0.2, -0.15) is 4.98 Å². The molecule has 7 heterocycles. The zero-order valence-electron chi connectivity index (χ0n) is 22.7. The van der Waals surface area contributed by atoms with Crippen LogP contribution in [0.25, 0.3) is 22.1 Å². The number of nitrogens with two attached hydrogens (primary N) is 2. The SMILES string of the molecule is Nc1nc2c(ccn2[C@@H]2O[C@@H]3COP(=O)(O)OC4[C@@H](COP(O)(=S)OC2[C@H]3O)O[C@@H](n2ccc3c(N)ncnc32)[C@H]4O)c(=O)[nH]1. The van der Waals surface area contributed by atoms with Crippen molar-refractivity contribution in [3.63, 3.8) is 0 Å². The van der Waals surface area contributed by atoms with Crippen molar-refractivity contribution in [2.75, 3.05) is 24.7 Å². The highest BCUT2D eigenvalue weighted by atomic mass is 32.5. The molecule has 0 amide bonds. The second-order valence-electron chi connectivity index (χ2n) is 10.4. The van der Waals surface area contributed by atoms with Crippen LogP contribution in [0.3, 0.4) is 0 Å². The van der Waals surface area contributed by atoms with Crippen LogP contribution in [-0.2, 0) is 43.9 Å². The van der Waals surface area contributed by atoms with Crippen molar-refractivity contribution in [1.29, 1.82) is 0 Å². The number of rotatable bonds is 2. The van der Waals surface area contributed by atoms with Crippen molar-refractivity contribution < 1.29 is 52.1 Å². The van der Waals surface area contributed by atoms with Gasteiger partial charge in [-0.15, -0.1) is 0 Å². The summed E-state index contributed by atoms with van der Waals surface area (Å²) in [6, 6.07) is 3.02. The fraction of sp³-hybridized carbons (Fsp3) is 0.455. The average molecular weight is 689 g/mol. The standard InChI is InChI=1S/C22H26N8O12P2S/c23-16-8-1-3-29(17(8)26-7-25-16)20-13(32)14-11(40-20)6-38-44(36,45)42-15-12(31)10(5-37-43(34,35)41-14)39-21(15)30-4-2-9-18(30)27-22(24)28-19(9)33/h1-4,7,10-15,20-21,31-32H,5-6H2,(H,34,35)(H,36,45)(H2,23,25,26)(H3,24,27,28,33)/t10-,11-,12+,13+,14?,15?,20-,21-,44?/m1/s1. The number of phosphoric acid groups is 1. The van der Waals surface area contributed by atoms with Gasteiger partial charge in [0.05, 0.1) is 24.0 Å². The van der Waals surface area contributed by atoms with Gasteiger partial charge in [-0.05, 0) is 23.9 Å². The van der Waals surface area contributed by atoms with Crippen LogP contribution in [0.1, 0.15) is 12.5 Å². The number of nitrogen functional groups attached to an aromatic ring is 2. The summed E-state index contributed by atoms with van der Waals surface area (Å²) in [4.78, 5) is 48.7. The van der Waals surface area contributed by atoms with Gasteiger partial charge >= 0.3 is 14.5 Å². The quantitative estimate of drug-likeness (QED) is 0.124. The largest absolute Gasteiger partial charge is 0.472 e. The summed E-state index contributed by atoms with van der Waals surface area (Å²) in [5.74, 6) is -0.0223. The van der Waals surface area contributed by atoms with Crippen LogP contribution in [-0.4, -0.2) is 98.9 Å². The number of hydrogen-bond donors (Lipinski definition) is 7. The van der Waals surface area contributed by atoms with E-state index < -0.39 is 82.4 Å². The van der Waals surface area contributed by atoms with E-state index in [4.69, 9.17) is 50.8 Å². The lowest BCUT2D eigenvalue weighted by Crippen LogP contribution is -2.36. The Bertz CT molecular complexity index is 1940. The number of fused-ring (bicyclic) bond motifs is 5. The Hall–Kier alpha value is -2.88. The molecule has 20 nitrogen and oxygen atoms in total. The molecular weight excluding hydrogens is 662 g/mol. The number of aromatic nitrogens is 6. The molecule has 0 saturated carbocycles. The minimum atomic E-state index is -4.98. The maximum Gasteiger partial charge on any atom is 0.472 e. The van der Waals surface area contributed by atoms with Gasteiger partial charge in [0.15, 0.2) is 18.1 Å². The minimum absolute atomic E-state index is 0.0554. The predicted octanol–water partition coefficient (Wildman–Crippen LogP) is -1.02. The third-order valence-corrected chi connectivity index (χ3v) is 10.2. The fourth-order valence-corrected chi connectivity index (χ4v) is 7.95. The van der Waals surface area contributed by atoms with E-state index in [1.165, 1.54) is 33.9 Å². The molecule has 9 N–H and O–H groups in total. The van der Waals surface area contributed by atoms with Gasteiger partial charge in [0.2, 0.25) is 5.95 Å². The fourth-order valence-electron chi connectivity index (χ4n) is 5.57. The first kappa shape index (κ1) is 30.8. The van der Waals surface area contributed by atoms with E-state index in [2.05, 4.69) is 19.9 Å². The number of anilines is 2. The third kappa shape index (κ3) is 5.48. The molecule has 23 heteroatoms. The van der Waals surface area contributed by atoms with Crippen molar-refractivity contribution in [3.8, 4) is 0 Å². The Morgan fingerprint density at radius 2 is 1.60 bits per heavy atom. The molecule has 4 aromatic heterocycles. The highest BCUT2D eigenvalue weighted by Crippen LogP contribution is 2.54. The summed E-state index contributed by atoms with van der Waals surface area (Å²) < 4.78 is 49.6. The maximum absolute atomic E-state index is 13.1. The van der Waals surface area contributed by atoms with Crippen LogP contribution < -0.4 is 17.0 Å². The highest BCUT2D eigenvalue weighted by molar-refractivity contribution is 8.07. The van der Waals surface area contributed by atoms with Crippen molar-refractivity contribution in [2.45, 2.75) is 49.1 Å². The van der Waals surface area contributed by atoms with Gasteiger partial charge < -0.3 is 54.6 Å². The predicted molar refractivity (Wildman–Crippen MR) is 155 cm³/mol. The first-order chi connectivity index (χ1) is 21.3. The van der Waals surface area contributed by atoms with Gasteiger partial charge in [0.1, 0.15) is 54.4 Å². The number of nitrogens with zero attached hydrogens (tertiary/aromatic N) is 5. The number of nitrogens with one attached hydrogen (secondary N) is 1. The zero-order valence-corrected chi connectivity index (χ0v) is 25.3. The molecule has 2 bridgehead atoms. The molecule has 45 heavy (non-hydrogen) atoms. The lowest BCUT2D eigenvalue weighted by Gasteiger charge is -2.27. The van der Waals surface area contributed by atoms with Crippen molar-refractivity contribution in [3.05, 3.63) is 41.2 Å². The first-order valence-electron chi connectivity index (χ1n) is 13.2. The Morgan fingerprint density at radius 3 is 2.38 bits per heavy atom. The lowest BCUT2D eigenvalue weighted by atomic mass is 10.1. The van der Waals surface area contributed by atoms with E-state index in [0.717, 1.165) is 0 Å². The van der Waals surface area contributed by atoms with Gasteiger partial charge in [0, 0.05) is 12.4 Å². The summed E-state index contributed by atoms with van der Waals surface area (Å²) in [6.07, 6.45) is -7.21. The number of phosphoric ester groups is 1. The summed E-state index contributed by atoms with van der Waals surface area (Å²) >= 11 is 5.24. The van der Waals surface area contributed by atoms with Gasteiger partial charge in [-0.1, -0.05) is 0 Å². The summed E-state index contributed by atoms with van der Waals surface area (Å²) in [5.41, 5.74) is 11.4. The zero-order chi connectivity index (χ0) is 31.8. The van der Waals surface area contributed by atoms with E-state index in [0.29, 0.717) is 11.0 Å². The molecule has 3 aliphatic heterocycles. The van der Waals surface area contributed by atoms with E-state index in [1.807, 2.05) is 0 Å². The first-order valence-corrected chi connectivity index (χ1v) is 17.3. The third-order valence-electron chi connectivity index (χ3n) is 7.62. The lowest BCUT2D eigenvalue weighted by molar-refractivity contribution is -0.0634. The van der Waals surface area contributed by atoms with Crippen molar-refractivity contribution in [1.82, 2.24) is 29.1 Å². The number of H-pyrrole nitrogens is 1. The van der Waals surface area contributed by atoms with Gasteiger partial charge in [-0.3, -0.25) is 23.3 Å². The molecule has 0 aromatic carbocycles. The van der Waals surface area contributed by atoms with Crippen LogP contribution in [0.2, 0.25) is 0 Å². The topological polar surface area (TPSA) is 287 Å². The molecule has 10 atom stereocenters.